The van der Waals surface area contributed by atoms with E-state index in [1.54, 1.807) is 0 Å². The Hall–Kier alpha value is -2.11. The fourth-order valence-electron chi connectivity index (χ4n) is 2.25. The molecule has 0 aliphatic heterocycles. The number of carbonyl (C=O) groups is 1. The van der Waals surface area contributed by atoms with Crippen LogP contribution in [0.1, 0.15) is 43.0 Å². The van der Waals surface area contributed by atoms with Gasteiger partial charge in [-0.2, -0.15) is 0 Å². The summed E-state index contributed by atoms with van der Waals surface area (Å²) < 4.78 is 0. The normalized spacial score (nSPS) is 15.7. The Bertz CT molecular complexity index is 526. The number of carboxylic acids is 1. The molecule has 0 bridgehead atoms. The first-order valence-electron chi connectivity index (χ1n) is 6.79. The van der Waals surface area contributed by atoms with Crippen LogP contribution in [-0.4, -0.2) is 22.0 Å². The van der Waals surface area contributed by atoms with Crippen molar-refractivity contribution in [2.45, 2.75) is 38.6 Å². The molecule has 0 heterocycles. The lowest BCUT2D eigenvalue weighted by Gasteiger charge is -2.19. The van der Waals surface area contributed by atoms with Crippen LogP contribution in [-0.2, 0) is 0 Å². The number of carboxylic acid groups (broad SMARTS) is 1. The van der Waals surface area contributed by atoms with Crippen LogP contribution in [0.15, 0.2) is 18.2 Å². The molecule has 0 aromatic heterocycles. The monoisotopic (exact) mass is 278 g/mol. The van der Waals surface area contributed by atoms with E-state index < -0.39 is 10.9 Å². The minimum Gasteiger partial charge on any atom is -0.478 e. The van der Waals surface area contributed by atoms with Gasteiger partial charge < -0.3 is 10.4 Å². The summed E-state index contributed by atoms with van der Waals surface area (Å²) in [5.74, 6) is -0.420. The maximum atomic E-state index is 11.2. The lowest BCUT2D eigenvalue weighted by Crippen LogP contribution is -2.20. The Balaban J connectivity index is 2.20. The summed E-state index contributed by atoms with van der Waals surface area (Å²) in [5, 5.41) is 23.1. The number of hydrogen-bond acceptors (Lipinski definition) is 4. The van der Waals surface area contributed by atoms with Gasteiger partial charge in [-0.1, -0.05) is 19.8 Å². The first kappa shape index (κ1) is 14.3. The Morgan fingerprint density at radius 3 is 2.75 bits per heavy atom. The molecule has 1 fully saturated rings. The van der Waals surface area contributed by atoms with E-state index in [0.717, 1.165) is 24.8 Å². The lowest BCUT2D eigenvalue weighted by molar-refractivity contribution is -0.384. The van der Waals surface area contributed by atoms with Crippen molar-refractivity contribution >= 4 is 17.3 Å². The highest BCUT2D eigenvalue weighted by molar-refractivity contribution is 5.95. The fraction of sp³-hybridized carbons (Fsp3) is 0.500. The van der Waals surface area contributed by atoms with Crippen LogP contribution in [0.3, 0.4) is 0 Å². The number of anilines is 1. The molecule has 1 aromatic carbocycles. The number of nitro groups is 1. The van der Waals surface area contributed by atoms with Crippen molar-refractivity contribution in [3.63, 3.8) is 0 Å². The van der Waals surface area contributed by atoms with E-state index in [-0.39, 0.29) is 17.3 Å². The number of nitrogens with zero attached hydrogens (tertiary/aromatic N) is 1. The number of hydrogen-bond donors (Lipinski definition) is 2. The average Bonchev–Trinajstić information content (AvgIpc) is 3.21. The molecule has 1 saturated carbocycles. The molecule has 2 rings (SSSR count). The zero-order valence-electron chi connectivity index (χ0n) is 11.3. The van der Waals surface area contributed by atoms with Gasteiger partial charge in [0.15, 0.2) is 0 Å². The van der Waals surface area contributed by atoms with Crippen molar-refractivity contribution in [3.05, 3.63) is 33.9 Å². The molecule has 0 amide bonds. The van der Waals surface area contributed by atoms with Gasteiger partial charge in [0.1, 0.15) is 0 Å². The Kier molecular flexibility index (Phi) is 4.22. The fourth-order valence-corrected chi connectivity index (χ4v) is 2.25. The summed E-state index contributed by atoms with van der Waals surface area (Å²) in [7, 11) is 0. The summed E-state index contributed by atoms with van der Waals surface area (Å²) in [6.07, 6.45) is 4.40. The number of benzene rings is 1. The summed E-state index contributed by atoms with van der Waals surface area (Å²) in [4.78, 5) is 21.4. The predicted molar refractivity (Wildman–Crippen MR) is 75.1 cm³/mol. The van der Waals surface area contributed by atoms with Gasteiger partial charge in [-0.15, -0.1) is 0 Å². The molecule has 1 aliphatic rings. The Morgan fingerprint density at radius 2 is 2.25 bits per heavy atom. The first-order valence-corrected chi connectivity index (χ1v) is 6.79. The molecule has 0 saturated heterocycles. The van der Waals surface area contributed by atoms with E-state index in [4.69, 9.17) is 0 Å². The molecule has 20 heavy (non-hydrogen) atoms. The zero-order chi connectivity index (χ0) is 14.7. The summed E-state index contributed by atoms with van der Waals surface area (Å²) >= 11 is 0. The van der Waals surface area contributed by atoms with Gasteiger partial charge in [-0.05, 0) is 24.8 Å². The molecule has 1 unspecified atom stereocenters. The highest BCUT2D eigenvalue weighted by Crippen LogP contribution is 2.35. The summed E-state index contributed by atoms with van der Waals surface area (Å²) in [6, 6.07) is 4.13. The van der Waals surface area contributed by atoms with Crippen LogP contribution in [0.4, 0.5) is 11.4 Å². The maximum Gasteiger partial charge on any atom is 0.338 e. The minimum absolute atomic E-state index is 0.0477. The van der Waals surface area contributed by atoms with Crippen LogP contribution in [0.25, 0.3) is 0 Å². The van der Waals surface area contributed by atoms with Crippen molar-refractivity contribution in [3.8, 4) is 0 Å². The quantitative estimate of drug-likeness (QED) is 0.589. The number of rotatable bonds is 7. The molecule has 1 aromatic rings. The third-order valence-corrected chi connectivity index (χ3v) is 3.61. The number of aromatic carboxylic acids is 1. The number of nitrogens with one attached hydrogen (secondary N) is 1. The molecule has 2 N–H and O–H groups in total. The second-order valence-corrected chi connectivity index (χ2v) is 5.22. The second-order valence-electron chi connectivity index (χ2n) is 5.22. The SMILES string of the molecule is CCC(CC1CC1)Nc1ccc([N+](=O)[O-])cc1C(=O)O. The van der Waals surface area contributed by atoms with Crippen molar-refractivity contribution in [1.29, 1.82) is 0 Å². The van der Waals surface area contributed by atoms with Crippen molar-refractivity contribution < 1.29 is 14.8 Å². The highest BCUT2D eigenvalue weighted by atomic mass is 16.6. The zero-order valence-corrected chi connectivity index (χ0v) is 11.3. The van der Waals surface area contributed by atoms with E-state index in [9.17, 15) is 20.0 Å². The van der Waals surface area contributed by atoms with Gasteiger partial charge >= 0.3 is 5.97 Å². The Labute approximate surface area is 117 Å². The molecule has 1 aliphatic carbocycles. The van der Waals surface area contributed by atoms with Crippen LogP contribution in [0, 0.1) is 16.0 Å². The van der Waals surface area contributed by atoms with Crippen LogP contribution < -0.4 is 5.32 Å². The smallest absolute Gasteiger partial charge is 0.338 e. The number of nitro benzene ring substituents is 1. The number of non-ortho nitro benzene ring substituents is 1. The van der Waals surface area contributed by atoms with Crippen molar-refractivity contribution in [2.24, 2.45) is 5.92 Å². The highest BCUT2D eigenvalue weighted by Gasteiger charge is 2.25. The van der Waals surface area contributed by atoms with E-state index in [1.807, 2.05) is 6.92 Å². The van der Waals surface area contributed by atoms with Crippen LogP contribution in [0.2, 0.25) is 0 Å². The van der Waals surface area contributed by atoms with Gasteiger partial charge in [0.2, 0.25) is 0 Å². The van der Waals surface area contributed by atoms with Crippen molar-refractivity contribution in [2.75, 3.05) is 5.32 Å². The predicted octanol–water partition coefficient (Wildman–Crippen LogP) is 3.28. The van der Waals surface area contributed by atoms with Gasteiger partial charge in [-0.25, -0.2) is 4.79 Å². The van der Waals surface area contributed by atoms with Crippen LogP contribution >= 0.6 is 0 Å². The van der Waals surface area contributed by atoms with Gasteiger partial charge in [-0.3, -0.25) is 10.1 Å². The topological polar surface area (TPSA) is 92.5 Å². The van der Waals surface area contributed by atoms with Gasteiger partial charge in [0, 0.05) is 23.9 Å². The third-order valence-electron chi connectivity index (χ3n) is 3.61. The first-order chi connectivity index (χ1) is 9.51. The van der Waals surface area contributed by atoms with E-state index >= 15 is 0 Å². The van der Waals surface area contributed by atoms with Gasteiger partial charge in [0.25, 0.3) is 5.69 Å². The lowest BCUT2D eigenvalue weighted by atomic mass is 10.1. The summed E-state index contributed by atoms with van der Waals surface area (Å²) in [5.41, 5.74) is 0.201. The summed E-state index contributed by atoms with van der Waals surface area (Å²) in [6.45, 7) is 2.05. The third kappa shape index (κ3) is 3.46. The molecule has 6 nitrogen and oxygen atoms in total. The average molecular weight is 278 g/mol. The maximum absolute atomic E-state index is 11.2. The van der Waals surface area contributed by atoms with E-state index in [2.05, 4.69) is 5.32 Å². The second kappa shape index (κ2) is 5.90. The molecule has 108 valence electrons. The molecule has 0 spiro atoms. The standard InChI is InChI=1S/C14H18N2O4/c1-2-10(7-9-3-4-9)15-13-6-5-11(16(19)20)8-12(13)14(17)18/h5-6,8-10,15H,2-4,7H2,1H3,(H,17,18). The molecular formula is C14H18N2O4. The van der Waals surface area contributed by atoms with E-state index in [0.29, 0.717) is 5.69 Å². The Morgan fingerprint density at radius 1 is 1.55 bits per heavy atom. The molecule has 6 heteroatoms. The van der Waals surface area contributed by atoms with Crippen molar-refractivity contribution in [1.82, 2.24) is 0 Å². The molecular weight excluding hydrogens is 260 g/mol. The van der Waals surface area contributed by atoms with Gasteiger partial charge in [0.05, 0.1) is 10.5 Å². The molecule has 0 radical (unpaired) electrons. The molecule has 1 atom stereocenters. The van der Waals surface area contributed by atoms with E-state index in [1.165, 1.54) is 25.0 Å². The van der Waals surface area contributed by atoms with Crippen LogP contribution in [0.5, 0.6) is 0 Å². The minimum atomic E-state index is -1.16. The largest absolute Gasteiger partial charge is 0.478 e.